The van der Waals surface area contributed by atoms with Crippen molar-refractivity contribution in [3.63, 3.8) is 0 Å². The smallest absolute Gasteiger partial charge is 0.205 e. The molecule has 1 aromatic carbocycles. The van der Waals surface area contributed by atoms with Gasteiger partial charge in [0, 0.05) is 24.6 Å². The summed E-state index contributed by atoms with van der Waals surface area (Å²) in [5.74, 6) is 0.0642. The second-order valence-electron chi connectivity index (χ2n) is 3.63. The normalized spacial score (nSPS) is 10.3. The van der Waals surface area contributed by atoms with Gasteiger partial charge in [-0.2, -0.15) is 4.57 Å². The molecular formula is C13H13NO. The van der Waals surface area contributed by atoms with Crippen LogP contribution in [0.4, 0.5) is 0 Å². The lowest BCUT2D eigenvalue weighted by Gasteiger charge is -2.11. The Labute approximate surface area is 89.4 Å². The molecule has 0 atom stereocenters. The number of aromatic nitrogens is 1. The lowest BCUT2D eigenvalue weighted by Crippen LogP contribution is -2.35. The van der Waals surface area contributed by atoms with E-state index in [0.29, 0.717) is 0 Å². The van der Waals surface area contributed by atoms with E-state index in [4.69, 9.17) is 0 Å². The maximum Gasteiger partial charge on any atom is 0.205 e. The van der Waals surface area contributed by atoms with Gasteiger partial charge in [0.2, 0.25) is 5.69 Å². The number of hydrogen-bond donors (Lipinski definition) is 0. The SMILES string of the molecule is Cc1cccc([O-])c1-[n+]1ccccc1C. The Hall–Kier alpha value is -1.83. The molecule has 2 heteroatoms. The van der Waals surface area contributed by atoms with Crippen molar-refractivity contribution in [2.45, 2.75) is 13.8 Å². The highest BCUT2D eigenvalue weighted by molar-refractivity contribution is 5.44. The fourth-order valence-electron chi connectivity index (χ4n) is 1.72. The third-order valence-corrected chi connectivity index (χ3v) is 2.51. The van der Waals surface area contributed by atoms with Crippen LogP contribution in [0.5, 0.6) is 5.75 Å². The van der Waals surface area contributed by atoms with Gasteiger partial charge in [0.1, 0.15) is 0 Å². The van der Waals surface area contributed by atoms with Gasteiger partial charge < -0.3 is 5.11 Å². The topological polar surface area (TPSA) is 26.9 Å². The first kappa shape index (κ1) is 9.71. The molecule has 1 heterocycles. The summed E-state index contributed by atoms with van der Waals surface area (Å²) in [4.78, 5) is 0. The first-order chi connectivity index (χ1) is 7.20. The minimum atomic E-state index is 0.0642. The maximum absolute atomic E-state index is 11.8. The molecule has 0 fully saturated rings. The average Bonchev–Trinajstić information content (AvgIpc) is 2.20. The van der Waals surface area contributed by atoms with Gasteiger partial charge in [0.25, 0.3) is 0 Å². The quantitative estimate of drug-likeness (QED) is 0.641. The van der Waals surface area contributed by atoms with E-state index >= 15 is 0 Å². The molecule has 2 aromatic rings. The van der Waals surface area contributed by atoms with Crippen LogP contribution in [0.3, 0.4) is 0 Å². The fourth-order valence-corrected chi connectivity index (χ4v) is 1.72. The molecular weight excluding hydrogens is 186 g/mol. The number of nitrogens with zero attached hydrogens (tertiary/aromatic N) is 1. The third-order valence-electron chi connectivity index (χ3n) is 2.51. The van der Waals surface area contributed by atoms with E-state index in [0.717, 1.165) is 16.9 Å². The summed E-state index contributed by atoms with van der Waals surface area (Å²) in [6, 6.07) is 11.2. The van der Waals surface area contributed by atoms with E-state index in [9.17, 15) is 5.11 Å². The summed E-state index contributed by atoms with van der Waals surface area (Å²) in [5.41, 5.74) is 2.81. The highest BCUT2D eigenvalue weighted by Crippen LogP contribution is 2.17. The number of aryl methyl sites for hydroxylation is 2. The van der Waals surface area contributed by atoms with E-state index in [-0.39, 0.29) is 5.75 Å². The van der Waals surface area contributed by atoms with Crippen molar-refractivity contribution in [1.82, 2.24) is 0 Å². The van der Waals surface area contributed by atoms with E-state index in [1.807, 2.05) is 48.9 Å². The summed E-state index contributed by atoms with van der Waals surface area (Å²) in [5, 5.41) is 11.8. The zero-order valence-corrected chi connectivity index (χ0v) is 8.90. The molecule has 0 amide bonds. The molecule has 0 N–H and O–H groups in total. The van der Waals surface area contributed by atoms with Crippen molar-refractivity contribution in [3.05, 3.63) is 53.9 Å². The summed E-state index contributed by atoms with van der Waals surface area (Å²) in [7, 11) is 0. The minimum absolute atomic E-state index is 0.0642. The molecule has 0 aliphatic rings. The Balaban J connectivity index is 2.69. The molecule has 1 aromatic heterocycles. The molecule has 0 saturated carbocycles. The highest BCUT2D eigenvalue weighted by atomic mass is 16.3. The summed E-state index contributed by atoms with van der Waals surface area (Å²) < 4.78 is 1.93. The van der Waals surface area contributed by atoms with Crippen LogP contribution >= 0.6 is 0 Å². The van der Waals surface area contributed by atoms with Gasteiger partial charge in [-0.15, -0.1) is 0 Å². The predicted molar refractivity (Wildman–Crippen MR) is 56.9 cm³/mol. The van der Waals surface area contributed by atoms with Crippen molar-refractivity contribution in [2.24, 2.45) is 0 Å². The molecule has 0 spiro atoms. The monoisotopic (exact) mass is 199 g/mol. The molecule has 76 valence electrons. The van der Waals surface area contributed by atoms with Crippen molar-refractivity contribution in [2.75, 3.05) is 0 Å². The molecule has 2 nitrogen and oxygen atoms in total. The summed E-state index contributed by atoms with van der Waals surface area (Å²) in [6.07, 6.45) is 1.92. The molecule has 15 heavy (non-hydrogen) atoms. The maximum atomic E-state index is 11.8. The van der Waals surface area contributed by atoms with Crippen LogP contribution in [-0.2, 0) is 0 Å². The molecule has 2 rings (SSSR count). The van der Waals surface area contributed by atoms with Gasteiger partial charge in [-0.05, 0) is 12.7 Å². The summed E-state index contributed by atoms with van der Waals surface area (Å²) >= 11 is 0. The molecule has 0 aliphatic heterocycles. The van der Waals surface area contributed by atoms with E-state index < -0.39 is 0 Å². The molecule has 0 saturated heterocycles. The Morgan fingerprint density at radius 1 is 1.00 bits per heavy atom. The number of benzene rings is 1. The molecule has 0 bridgehead atoms. The van der Waals surface area contributed by atoms with Crippen LogP contribution in [0.25, 0.3) is 5.69 Å². The van der Waals surface area contributed by atoms with Crippen molar-refractivity contribution in [1.29, 1.82) is 0 Å². The number of para-hydroxylation sites is 1. The van der Waals surface area contributed by atoms with E-state index in [1.54, 1.807) is 12.1 Å². The van der Waals surface area contributed by atoms with E-state index in [1.165, 1.54) is 0 Å². The van der Waals surface area contributed by atoms with Gasteiger partial charge in [-0.1, -0.05) is 24.3 Å². The predicted octanol–water partition coefficient (Wildman–Crippen LogP) is 1.65. The molecule has 0 aliphatic carbocycles. The van der Waals surface area contributed by atoms with Crippen molar-refractivity contribution in [3.8, 4) is 11.4 Å². The fraction of sp³-hybridized carbons (Fsp3) is 0.154. The highest BCUT2D eigenvalue weighted by Gasteiger charge is 2.12. The van der Waals surface area contributed by atoms with Gasteiger partial charge in [0.05, 0.1) is 0 Å². The Morgan fingerprint density at radius 2 is 1.80 bits per heavy atom. The zero-order valence-electron chi connectivity index (χ0n) is 8.90. The molecule has 0 radical (unpaired) electrons. The average molecular weight is 199 g/mol. The van der Waals surface area contributed by atoms with Gasteiger partial charge in [-0.25, -0.2) is 0 Å². The number of rotatable bonds is 1. The Bertz CT molecular complexity index is 471. The van der Waals surface area contributed by atoms with Gasteiger partial charge in [0.15, 0.2) is 11.9 Å². The Morgan fingerprint density at radius 3 is 2.47 bits per heavy atom. The van der Waals surface area contributed by atoms with Crippen molar-refractivity contribution >= 4 is 0 Å². The Kier molecular flexibility index (Phi) is 2.42. The lowest BCUT2D eigenvalue weighted by molar-refractivity contribution is -0.607. The standard InChI is InChI=1S/C13H13NO/c1-10-6-5-8-12(15)13(10)14-9-4-3-7-11(14)2/h3-9H,1-2H3. The summed E-state index contributed by atoms with van der Waals surface area (Å²) in [6.45, 7) is 3.95. The van der Waals surface area contributed by atoms with Gasteiger partial charge in [-0.3, -0.25) is 0 Å². The number of pyridine rings is 1. The van der Waals surface area contributed by atoms with Crippen LogP contribution in [0, 0.1) is 13.8 Å². The van der Waals surface area contributed by atoms with Crippen LogP contribution in [-0.4, -0.2) is 0 Å². The second kappa shape index (κ2) is 3.73. The minimum Gasteiger partial charge on any atom is -0.868 e. The molecule has 0 unspecified atom stereocenters. The number of hydrogen-bond acceptors (Lipinski definition) is 1. The lowest BCUT2D eigenvalue weighted by atomic mass is 10.1. The second-order valence-corrected chi connectivity index (χ2v) is 3.63. The van der Waals surface area contributed by atoms with Crippen LogP contribution in [0.2, 0.25) is 0 Å². The van der Waals surface area contributed by atoms with E-state index in [2.05, 4.69) is 0 Å². The van der Waals surface area contributed by atoms with Crippen LogP contribution in [0.1, 0.15) is 11.3 Å². The van der Waals surface area contributed by atoms with Crippen LogP contribution < -0.4 is 9.67 Å². The third kappa shape index (κ3) is 1.71. The van der Waals surface area contributed by atoms with Crippen molar-refractivity contribution < 1.29 is 9.67 Å². The zero-order chi connectivity index (χ0) is 10.8. The van der Waals surface area contributed by atoms with Crippen LogP contribution in [0.15, 0.2) is 42.6 Å². The largest absolute Gasteiger partial charge is 0.868 e. The first-order valence-corrected chi connectivity index (χ1v) is 4.94. The first-order valence-electron chi connectivity index (χ1n) is 4.94. The van der Waals surface area contributed by atoms with Gasteiger partial charge >= 0.3 is 0 Å².